The van der Waals surface area contributed by atoms with Crippen molar-refractivity contribution in [2.75, 3.05) is 26.2 Å². The van der Waals surface area contributed by atoms with Crippen LogP contribution in [0.1, 0.15) is 29.2 Å². The topological polar surface area (TPSA) is 58.5 Å². The molecule has 0 saturated heterocycles. The number of halogens is 1. The molecule has 2 aromatic rings. The zero-order valence-electron chi connectivity index (χ0n) is 16.1. The maximum Gasteiger partial charge on any atom is 0.191 e. The molecular formula is C21H29IN4O. The summed E-state index contributed by atoms with van der Waals surface area (Å²) >= 11 is 0. The SMILES string of the molecule is CCNC(=NCCc1ccncc1C)NCCc1ccc2c(c1)CCO2.I. The first-order valence-electron chi connectivity index (χ1n) is 9.42. The number of aliphatic imine (C=N–C) groups is 1. The minimum absolute atomic E-state index is 0. The van der Waals surface area contributed by atoms with Gasteiger partial charge in [-0.05, 0) is 61.1 Å². The third kappa shape index (κ3) is 6.37. The Morgan fingerprint density at radius 3 is 2.93 bits per heavy atom. The van der Waals surface area contributed by atoms with Crippen molar-refractivity contribution in [2.45, 2.75) is 33.1 Å². The average molecular weight is 480 g/mol. The van der Waals surface area contributed by atoms with Gasteiger partial charge in [0.2, 0.25) is 0 Å². The van der Waals surface area contributed by atoms with Crippen LogP contribution in [0.4, 0.5) is 0 Å². The van der Waals surface area contributed by atoms with Crippen LogP contribution < -0.4 is 15.4 Å². The van der Waals surface area contributed by atoms with E-state index < -0.39 is 0 Å². The van der Waals surface area contributed by atoms with Crippen LogP contribution in [0.3, 0.4) is 0 Å². The van der Waals surface area contributed by atoms with E-state index in [0.29, 0.717) is 0 Å². The lowest BCUT2D eigenvalue weighted by Crippen LogP contribution is -2.38. The van der Waals surface area contributed by atoms with E-state index in [0.717, 1.165) is 57.2 Å². The van der Waals surface area contributed by atoms with Crippen molar-refractivity contribution in [3.05, 3.63) is 58.9 Å². The van der Waals surface area contributed by atoms with Crippen molar-refractivity contribution >= 4 is 29.9 Å². The molecule has 27 heavy (non-hydrogen) atoms. The molecule has 0 radical (unpaired) electrons. The molecule has 1 aliphatic rings. The molecule has 3 rings (SSSR count). The minimum Gasteiger partial charge on any atom is -0.493 e. The first-order valence-corrected chi connectivity index (χ1v) is 9.42. The Bertz CT molecular complexity index is 764. The summed E-state index contributed by atoms with van der Waals surface area (Å²) in [6.07, 6.45) is 6.67. The number of hydrogen-bond acceptors (Lipinski definition) is 3. The van der Waals surface area contributed by atoms with Crippen LogP contribution >= 0.6 is 24.0 Å². The van der Waals surface area contributed by atoms with Crippen LogP contribution in [0.25, 0.3) is 0 Å². The van der Waals surface area contributed by atoms with E-state index in [1.54, 1.807) is 0 Å². The summed E-state index contributed by atoms with van der Waals surface area (Å²) in [6, 6.07) is 8.58. The molecule has 1 aromatic carbocycles. The molecular weight excluding hydrogens is 451 g/mol. The molecule has 0 bridgehead atoms. The molecule has 2 heterocycles. The van der Waals surface area contributed by atoms with E-state index in [4.69, 9.17) is 9.73 Å². The second kappa shape index (κ2) is 11.1. The monoisotopic (exact) mass is 480 g/mol. The van der Waals surface area contributed by atoms with E-state index in [9.17, 15) is 0 Å². The van der Waals surface area contributed by atoms with E-state index >= 15 is 0 Å². The molecule has 0 unspecified atom stereocenters. The molecule has 0 atom stereocenters. The highest BCUT2D eigenvalue weighted by Crippen LogP contribution is 2.25. The van der Waals surface area contributed by atoms with Crippen molar-refractivity contribution in [3.63, 3.8) is 0 Å². The van der Waals surface area contributed by atoms with Crippen LogP contribution in [0.2, 0.25) is 0 Å². The normalized spacial score (nSPS) is 12.7. The molecule has 0 saturated carbocycles. The van der Waals surface area contributed by atoms with Crippen LogP contribution in [0.15, 0.2) is 41.7 Å². The van der Waals surface area contributed by atoms with Crippen molar-refractivity contribution < 1.29 is 4.74 Å². The van der Waals surface area contributed by atoms with Gasteiger partial charge in [0, 0.05) is 38.4 Å². The molecule has 1 aliphatic heterocycles. The molecule has 0 aliphatic carbocycles. The van der Waals surface area contributed by atoms with E-state index in [1.165, 1.54) is 22.3 Å². The molecule has 6 heteroatoms. The highest BCUT2D eigenvalue weighted by Gasteiger charge is 2.11. The number of hydrogen-bond donors (Lipinski definition) is 2. The fraction of sp³-hybridized carbons (Fsp3) is 0.429. The quantitative estimate of drug-likeness (QED) is 0.363. The number of guanidine groups is 1. The highest BCUT2D eigenvalue weighted by molar-refractivity contribution is 14.0. The summed E-state index contributed by atoms with van der Waals surface area (Å²) < 4.78 is 5.57. The summed E-state index contributed by atoms with van der Waals surface area (Å²) in [7, 11) is 0. The summed E-state index contributed by atoms with van der Waals surface area (Å²) in [6.45, 7) is 7.47. The molecule has 5 nitrogen and oxygen atoms in total. The summed E-state index contributed by atoms with van der Waals surface area (Å²) in [5, 5.41) is 6.75. The molecule has 1 aromatic heterocycles. The van der Waals surface area contributed by atoms with Gasteiger partial charge < -0.3 is 15.4 Å². The van der Waals surface area contributed by atoms with Gasteiger partial charge in [-0.15, -0.1) is 24.0 Å². The Balaban J connectivity index is 0.00000261. The Labute approximate surface area is 179 Å². The lowest BCUT2D eigenvalue weighted by atomic mass is 10.1. The number of aryl methyl sites for hydroxylation is 1. The Hall–Kier alpha value is -1.83. The number of aromatic nitrogens is 1. The first-order chi connectivity index (χ1) is 12.8. The number of benzene rings is 1. The van der Waals surface area contributed by atoms with Gasteiger partial charge in [-0.25, -0.2) is 0 Å². The van der Waals surface area contributed by atoms with E-state index in [-0.39, 0.29) is 24.0 Å². The van der Waals surface area contributed by atoms with Gasteiger partial charge in [0.15, 0.2) is 5.96 Å². The Morgan fingerprint density at radius 2 is 2.11 bits per heavy atom. The largest absolute Gasteiger partial charge is 0.493 e. The summed E-state index contributed by atoms with van der Waals surface area (Å²) in [5.41, 5.74) is 5.20. The van der Waals surface area contributed by atoms with Gasteiger partial charge in [0.1, 0.15) is 5.75 Å². The second-order valence-electron chi connectivity index (χ2n) is 6.53. The van der Waals surface area contributed by atoms with Gasteiger partial charge in [-0.2, -0.15) is 0 Å². The molecule has 2 N–H and O–H groups in total. The molecule has 0 spiro atoms. The Morgan fingerprint density at radius 1 is 1.22 bits per heavy atom. The summed E-state index contributed by atoms with van der Waals surface area (Å²) in [5.74, 6) is 1.92. The molecule has 146 valence electrons. The highest BCUT2D eigenvalue weighted by atomic mass is 127. The van der Waals surface area contributed by atoms with E-state index in [2.05, 4.69) is 53.7 Å². The minimum atomic E-state index is 0. The van der Waals surface area contributed by atoms with Crippen molar-refractivity contribution in [1.82, 2.24) is 15.6 Å². The zero-order valence-corrected chi connectivity index (χ0v) is 18.5. The Kier molecular flexibility index (Phi) is 8.84. The van der Waals surface area contributed by atoms with Crippen LogP contribution in [-0.4, -0.2) is 37.2 Å². The average Bonchev–Trinajstić information content (AvgIpc) is 3.11. The number of nitrogens with one attached hydrogen (secondary N) is 2. The van der Waals surface area contributed by atoms with Crippen molar-refractivity contribution in [1.29, 1.82) is 0 Å². The predicted molar refractivity (Wildman–Crippen MR) is 121 cm³/mol. The fourth-order valence-electron chi connectivity index (χ4n) is 3.13. The zero-order chi connectivity index (χ0) is 18.2. The third-order valence-electron chi connectivity index (χ3n) is 4.59. The van der Waals surface area contributed by atoms with Gasteiger partial charge in [0.05, 0.1) is 6.61 Å². The van der Waals surface area contributed by atoms with E-state index in [1.807, 2.05) is 12.4 Å². The van der Waals surface area contributed by atoms with Crippen molar-refractivity contribution in [3.8, 4) is 5.75 Å². The van der Waals surface area contributed by atoms with Gasteiger partial charge >= 0.3 is 0 Å². The van der Waals surface area contributed by atoms with Crippen LogP contribution in [-0.2, 0) is 19.3 Å². The fourth-order valence-corrected chi connectivity index (χ4v) is 3.13. The molecule has 0 fully saturated rings. The lowest BCUT2D eigenvalue weighted by Gasteiger charge is -2.12. The maximum absolute atomic E-state index is 5.57. The maximum atomic E-state index is 5.57. The molecule has 0 amide bonds. The number of nitrogens with zero attached hydrogens (tertiary/aromatic N) is 2. The van der Waals surface area contributed by atoms with Crippen LogP contribution in [0.5, 0.6) is 5.75 Å². The number of pyridine rings is 1. The van der Waals surface area contributed by atoms with Gasteiger partial charge in [0.25, 0.3) is 0 Å². The predicted octanol–water partition coefficient (Wildman–Crippen LogP) is 3.28. The number of ether oxygens (including phenoxy) is 1. The van der Waals surface area contributed by atoms with Gasteiger partial charge in [-0.1, -0.05) is 12.1 Å². The van der Waals surface area contributed by atoms with Gasteiger partial charge in [-0.3, -0.25) is 9.98 Å². The summed E-state index contributed by atoms with van der Waals surface area (Å²) in [4.78, 5) is 8.83. The smallest absolute Gasteiger partial charge is 0.191 e. The first kappa shape index (κ1) is 21.5. The third-order valence-corrected chi connectivity index (χ3v) is 4.59. The second-order valence-corrected chi connectivity index (χ2v) is 6.53. The number of fused-ring (bicyclic) bond motifs is 1. The van der Waals surface area contributed by atoms with Crippen LogP contribution in [0, 0.1) is 6.92 Å². The lowest BCUT2D eigenvalue weighted by molar-refractivity contribution is 0.357. The number of rotatable bonds is 7. The standard InChI is InChI=1S/C21H28N4O.HI/c1-3-23-21(25-12-8-18-7-10-22-15-16(18)2)24-11-6-17-4-5-20-19(14-17)9-13-26-20;/h4-5,7,10,14-15H,3,6,8-9,11-13H2,1-2H3,(H2,23,24,25);1H. The van der Waals surface area contributed by atoms with Crippen molar-refractivity contribution in [2.24, 2.45) is 4.99 Å².